The predicted molar refractivity (Wildman–Crippen MR) is 69.1 cm³/mol. The van der Waals surface area contributed by atoms with Gasteiger partial charge < -0.3 is 9.84 Å². The summed E-state index contributed by atoms with van der Waals surface area (Å²) in [5, 5.41) is 9.63. The number of aromatic hydroxyl groups is 1. The van der Waals surface area contributed by atoms with E-state index in [9.17, 15) is 9.90 Å². The van der Waals surface area contributed by atoms with Gasteiger partial charge in [-0.2, -0.15) is 0 Å². The molecule has 0 aliphatic heterocycles. The number of carbonyl (C=O) groups is 1. The standard InChI is InChI=1S/C14H11ClO3/c15-9-10-6-7-13(16)12(8-10)14(17)18-11-4-2-1-3-5-11/h1-8,16H,9H2. The van der Waals surface area contributed by atoms with Crippen molar-refractivity contribution in [3.63, 3.8) is 0 Å². The second kappa shape index (κ2) is 5.56. The number of esters is 1. The molecular formula is C14H11ClO3. The molecule has 0 saturated heterocycles. The van der Waals surface area contributed by atoms with Crippen molar-refractivity contribution in [2.45, 2.75) is 5.88 Å². The Morgan fingerprint density at radius 3 is 2.56 bits per heavy atom. The largest absolute Gasteiger partial charge is 0.507 e. The van der Waals surface area contributed by atoms with Gasteiger partial charge in [0.05, 0.1) is 0 Å². The highest BCUT2D eigenvalue weighted by Gasteiger charge is 2.14. The number of rotatable bonds is 3. The van der Waals surface area contributed by atoms with E-state index in [4.69, 9.17) is 16.3 Å². The molecular weight excluding hydrogens is 252 g/mol. The summed E-state index contributed by atoms with van der Waals surface area (Å²) in [6.07, 6.45) is 0. The van der Waals surface area contributed by atoms with E-state index < -0.39 is 5.97 Å². The lowest BCUT2D eigenvalue weighted by Gasteiger charge is -2.07. The average Bonchev–Trinajstić information content (AvgIpc) is 2.40. The van der Waals surface area contributed by atoms with Gasteiger partial charge in [-0.15, -0.1) is 11.6 Å². The van der Waals surface area contributed by atoms with Crippen LogP contribution in [0.4, 0.5) is 0 Å². The zero-order chi connectivity index (χ0) is 13.0. The van der Waals surface area contributed by atoms with Crippen LogP contribution in [0.1, 0.15) is 15.9 Å². The Balaban J connectivity index is 2.23. The first-order valence-corrected chi connectivity index (χ1v) is 5.89. The minimum Gasteiger partial charge on any atom is -0.507 e. The summed E-state index contributed by atoms with van der Waals surface area (Å²) >= 11 is 5.68. The van der Waals surface area contributed by atoms with Gasteiger partial charge in [0.25, 0.3) is 0 Å². The molecule has 0 bridgehead atoms. The highest BCUT2D eigenvalue weighted by molar-refractivity contribution is 6.17. The molecule has 2 aromatic carbocycles. The molecule has 1 N–H and O–H groups in total. The zero-order valence-corrected chi connectivity index (χ0v) is 10.2. The summed E-state index contributed by atoms with van der Waals surface area (Å²) in [6, 6.07) is 13.3. The minimum atomic E-state index is -0.606. The van der Waals surface area contributed by atoms with Crippen molar-refractivity contribution in [3.05, 3.63) is 59.7 Å². The molecule has 0 fully saturated rings. The van der Waals surface area contributed by atoms with E-state index in [1.165, 1.54) is 12.1 Å². The Kier molecular flexibility index (Phi) is 3.85. The number of hydrogen-bond acceptors (Lipinski definition) is 3. The molecule has 4 heteroatoms. The number of carbonyl (C=O) groups excluding carboxylic acids is 1. The lowest BCUT2D eigenvalue weighted by atomic mass is 10.1. The fourth-order valence-corrected chi connectivity index (χ4v) is 1.65. The van der Waals surface area contributed by atoms with Crippen molar-refractivity contribution in [1.29, 1.82) is 0 Å². The van der Waals surface area contributed by atoms with Crippen LogP contribution in [0.25, 0.3) is 0 Å². The Morgan fingerprint density at radius 1 is 1.17 bits per heavy atom. The summed E-state index contributed by atoms with van der Waals surface area (Å²) in [4.78, 5) is 11.9. The number of para-hydroxylation sites is 1. The van der Waals surface area contributed by atoms with Crippen molar-refractivity contribution in [2.24, 2.45) is 0 Å². The second-order valence-corrected chi connectivity index (χ2v) is 3.95. The SMILES string of the molecule is O=C(Oc1ccccc1)c1cc(CCl)ccc1O. The molecule has 0 aliphatic carbocycles. The number of benzene rings is 2. The third kappa shape index (κ3) is 2.81. The topological polar surface area (TPSA) is 46.5 Å². The lowest BCUT2D eigenvalue weighted by Crippen LogP contribution is -2.09. The second-order valence-electron chi connectivity index (χ2n) is 3.69. The number of phenols is 1. The minimum absolute atomic E-state index is 0.108. The molecule has 2 rings (SSSR count). The summed E-state index contributed by atoms with van der Waals surface area (Å²) in [5.74, 6) is -0.0278. The van der Waals surface area contributed by atoms with Gasteiger partial charge >= 0.3 is 5.97 Å². The van der Waals surface area contributed by atoms with Gasteiger partial charge in [-0.3, -0.25) is 0 Å². The third-order valence-corrected chi connectivity index (χ3v) is 2.70. The first-order chi connectivity index (χ1) is 8.70. The maximum atomic E-state index is 11.9. The fraction of sp³-hybridized carbons (Fsp3) is 0.0714. The van der Waals surface area contributed by atoms with Crippen LogP contribution in [-0.4, -0.2) is 11.1 Å². The van der Waals surface area contributed by atoms with Crippen molar-refractivity contribution in [1.82, 2.24) is 0 Å². The molecule has 0 aromatic heterocycles. The summed E-state index contributed by atoms with van der Waals surface area (Å²) < 4.78 is 5.14. The van der Waals surface area contributed by atoms with Gasteiger partial charge in [0.1, 0.15) is 17.1 Å². The van der Waals surface area contributed by atoms with Crippen LogP contribution in [-0.2, 0) is 5.88 Å². The van der Waals surface area contributed by atoms with Gasteiger partial charge in [-0.1, -0.05) is 24.3 Å². The molecule has 2 aromatic rings. The fourth-order valence-electron chi connectivity index (χ4n) is 1.48. The van der Waals surface area contributed by atoms with Crippen LogP contribution in [0.2, 0.25) is 0 Å². The van der Waals surface area contributed by atoms with Gasteiger partial charge in [0.15, 0.2) is 0 Å². The average molecular weight is 263 g/mol. The summed E-state index contributed by atoms with van der Waals surface area (Å²) in [7, 11) is 0. The van der Waals surface area contributed by atoms with Gasteiger partial charge in [-0.05, 0) is 29.8 Å². The monoisotopic (exact) mass is 262 g/mol. The Bertz CT molecular complexity index is 552. The van der Waals surface area contributed by atoms with E-state index in [1.807, 2.05) is 6.07 Å². The molecule has 0 spiro atoms. The summed E-state index contributed by atoms with van der Waals surface area (Å²) in [6.45, 7) is 0. The normalized spacial score (nSPS) is 10.1. The quantitative estimate of drug-likeness (QED) is 0.524. The van der Waals surface area contributed by atoms with Crippen LogP contribution in [0.5, 0.6) is 11.5 Å². The third-order valence-electron chi connectivity index (χ3n) is 2.39. The summed E-state index contributed by atoms with van der Waals surface area (Å²) in [5.41, 5.74) is 0.853. The van der Waals surface area contributed by atoms with E-state index in [-0.39, 0.29) is 17.2 Å². The van der Waals surface area contributed by atoms with Gasteiger partial charge in [-0.25, -0.2) is 4.79 Å². The van der Waals surface area contributed by atoms with E-state index in [0.29, 0.717) is 5.75 Å². The van der Waals surface area contributed by atoms with Gasteiger partial charge in [0, 0.05) is 5.88 Å². The van der Waals surface area contributed by atoms with E-state index >= 15 is 0 Å². The van der Waals surface area contributed by atoms with Crippen LogP contribution in [0.15, 0.2) is 48.5 Å². The lowest BCUT2D eigenvalue weighted by molar-refractivity contribution is 0.0731. The number of phenolic OH excluding ortho intramolecular Hbond substituents is 1. The smallest absolute Gasteiger partial charge is 0.347 e. The van der Waals surface area contributed by atoms with Gasteiger partial charge in [0.2, 0.25) is 0 Å². The van der Waals surface area contributed by atoms with E-state index in [0.717, 1.165) is 5.56 Å². The Hall–Kier alpha value is -2.00. The molecule has 0 aliphatic rings. The predicted octanol–water partition coefficient (Wildman–Crippen LogP) is 3.35. The number of alkyl halides is 1. The van der Waals surface area contributed by atoms with Crippen molar-refractivity contribution in [2.75, 3.05) is 0 Å². The molecule has 0 heterocycles. The highest BCUT2D eigenvalue weighted by atomic mass is 35.5. The van der Waals surface area contributed by atoms with Crippen LogP contribution in [0, 0.1) is 0 Å². The maximum Gasteiger partial charge on any atom is 0.347 e. The molecule has 3 nitrogen and oxygen atoms in total. The molecule has 0 saturated carbocycles. The Labute approximate surface area is 110 Å². The van der Waals surface area contributed by atoms with Crippen LogP contribution >= 0.6 is 11.6 Å². The highest BCUT2D eigenvalue weighted by Crippen LogP contribution is 2.21. The van der Waals surface area contributed by atoms with Crippen molar-refractivity contribution < 1.29 is 14.6 Å². The number of halogens is 1. The van der Waals surface area contributed by atoms with E-state index in [2.05, 4.69) is 0 Å². The van der Waals surface area contributed by atoms with Crippen molar-refractivity contribution >= 4 is 17.6 Å². The van der Waals surface area contributed by atoms with Crippen LogP contribution < -0.4 is 4.74 Å². The maximum absolute atomic E-state index is 11.9. The number of hydrogen-bond donors (Lipinski definition) is 1. The molecule has 0 amide bonds. The van der Waals surface area contributed by atoms with E-state index in [1.54, 1.807) is 30.3 Å². The zero-order valence-electron chi connectivity index (χ0n) is 9.47. The van der Waals surface area contributed by atoms with Crippen molar-refractivity contribution in [3.8, 4) is 11.5 Å². The molecule has 0 unspecified atom stereocenters. The first kappa shape index (κ1) is 12.5. The molecule has 18 heavy (non-hydrogen) atoms. The van der Waals surface area contributed by atoms with Crippen LogP contribution in [0.3, 0.4) is 0 Å². The number of ether oxygens (including phenoxy) is 1. The molecule has 0 radical (unpaired) electrons. The Morgan fingerprint density at radius 2 is 1.89 bits per heavy atom. The first-order valence-electron chi connectivity index (χ1n) is 5.36. The molecule has 0 atom stereocenters. The molecule has 92 valence electrons.